The SMILES string of the molecule is Cc1nn(-c2cc(N3CCCCC3)ncn2)c(C)c1CCC(=O)NCCC1=CCCCC1. The number of anilines is 1. The Morgan fingerprint density at radius 2 is 1.84 bits per heavy atom. The Kier molecular flexibility index (Phi) is 7.55. The molecule has 2 aliphatic rings. The van der Waals surface area contributed by atoms with Crippen LogP contribution in [0.1, 0.15) is 74.7 Å². The first-order valence-electron chi connectivity index (χ1n) is 12.2. The molecule has 0 radical (unpaired) electrons. The maximum atomic E-state index is 12.4. The molecule has 1 aliphatic carbocycles. The van der Waals surface area contributed by atoms with Crippen LogP contribution in [0.2, 0.25) is 0 Å². The molecule has 1 N–H and O–H groups in total. The zero-order chi connectivity index (χ0) is 22.3. The van der Waals surface area contributed by atoms with Gasteiger partial charge in [-0.05, 0) is 77.2 Å². The molecule has 0 bridgehead atoms. The van der Waals surface area contributed by atoms with E-state index in [4.69, 9.17) is 5.10 Å². The molecule has 0 saturated carbocycles. The Labute approximate surface area is 191 Å². The van der Waals surface area contributed by atoms with Gasteiger partial charge in [-0.25, -0.2) is 14.6 Å². The number of nitrogens with one attached hydrogen (secondary N) is 1. The average Bonchev–Trinajstić information content (AvgIpc) is 3.12. The summed E-state index contributed by atoms with van der Waals surface area (Å²) >= 11 is 0. The van der Waals surface area contributed by atoms with Crippen molar-refractivity contribution in [1.82, 2.24) is 25.1 Å². The first-order chi connectivity index (χ1) is 15.6. The number of allylic oxidation sites excluding steroid dienone is 1. The molecule has 7 nitrogen and oxygen atoms in total. The lowest BCUT2D eigenvalue weighted by atomic mass is 9.97. The van der Waals surface area contributed by atoms with Crippen LogP contribution in [0.15, 0.2) is 24.0 Å². The molecule has 7 heteroatoms. The molecule has 1 aliphatic heterocycles. The second kappa shape index (κ2) is 10.7. The fraction of sp³-hybridized carbons (Fsp3) is 0.600. The number of rotatable bonds is 8. The molecule has 2 aromatic heterocycles. The Bertz CT molecular complexity index is 957. The van der Waals surface area contributed by atoms with Gasteiger partial charge in [0.15, 0.2) is 5.82 Å². The minimum atomic E-state index is 0.113. The third-order valence-corrected chi connectivity index (χ3v) is 6.73. The molecule has 0 spiro atoms. The molecule has 4 rings (SSSR count). The van der Waals surface area contributed by atoms with Crippen molar-refractivity contribution in [1.29, 1.82) is 0 Å². The molecule has 1 fully saturated rings. The fourth-order valence-corrected chi connectivity index (χ4v) is 4.83. The van der Waals surface area contributed by atoms with E-state index in [1.165, 1.54) is 50.5 Å². The number of piperidine rings is 1. The molecule has 1 saturated heterocycles. The summed E-state index contributed by atoms with van der Waals surface area (Å²) in [5.74, 6) is 1.87. The van der Waals surface area contributed by atoms with Gasteiger partial charge < -0.3 is 10.2 Å². The first-order valence-corrected chi connectivity index (χ1v) is 12.2. The number of hydrogen-bond donors (Lipinski definition) is 1. The van der Waals surface area contributed by atoms with Crippen molar-refractivity contribution >= 4 is 11.7 Å². The van der Waals surface area contributed by atoms with Gasteiger partial charge in [-0.2, -0.15) is 5.10 Å². The number of carbonyl (C=O) groups excluding carboxylic acids is 1. The molecule has 0 atom stereocenters. The second-order valence-corrected chi connectivity index (χ2v) is 9.05. The van der Waals surface area contributed by atoms with Gasteiger partial charge in [0.1, 0.15) is 12.1 Å². The maximum absolute atomic E-state index is 12.4. The normalized spacial score (nSPS) is 16.7. The van der Waals surface area contributed by atoms with Crippen LogP contribution >= 0.6 is 0 Å². The Morgan fingerprint density at radius 1 is 1.03 bits per heavy atom. The zero-order valence-corrected chi connectivity index (χ0v) is 19.6. The van der Waals surface area contributed by atoms with Crippen LogP contribution in [-0.4, -0.2) is 45.3 Å². The predicted molar refractivity (Wildman–Crippen MR) is 127 cm³/mol. The quantitative estimate of drug-likeness (QED) is 0.628. The number of aromatic nitrogens is 4. The summed E-state index contributed by atoms with van der Waals surface area (Å²) < 4.78 is 1.90. The van der Waals surface area contributed by atoms with Gasteiger partial charge >= 0.3 is 0 Å². The molecule has 2 aromatic rings. The fourth-order valence-electron chi connectivity index (χ4n) is 4.83. The molecule has 32 heavy (non-hydrogen) atoms. The monoisotopic (exact) mass is 436 g/mol. The molecule has 3 heterocycles. The van der Waals surface area contributed by atoms with Crippen molar-refractivity contribution < 1.29 is 4.79 Å². The van der Waals surface area contributed by atoms with Crippen LogP contribution in [0, 0.1) is 13.8 Å². The highest BCUT2D eigenvalue weighted by molar-refractivity contribution is 5.76. The standard InChI is InChI=1S/C25H36N6O/c1-19-22(11-12-25(32)26-14-13-21-9-5-3-6-10-21)20(2)31(29-19)24-17-23(27-18-28-24)30-15-7-4-8-16-30/h9,17-18H,3-8,10-16H2,1-2H3,(H,26,32). The van der Waals surface area contributed by atoms with Gasteiger partial charge in [-0.15, -0.1) is 0 Å². The highest BCUT2D eigenvalue weighted by atomic mass is 16.1. The predicted octanol–water partition coefficient (Wildman–Crippen LogP) is 4.21. The minimum absolute atomic E-state index is 0.113. The summed E-state index contributed by atoms with van der Waals surface area (Å²) in [4.78, 5) is 23.7. The lowest BCUT2D eigenvalue weighted by Crippen LogP contribution is -2.30. The molecule has 0 aromatic carbocycles. The van der Waals surface area contributed by atoms with Crippen LogP contribution in [0.25, 0.3) is 5.82 Å². The number of aryl methyl sites for hydroxylation is 1. The van der Waals surface area contributed by atoms with Crippen LogP contribution in [0.4, 0.5) is 5.82 Å². The summed E-state index contributed by atoms with van der Waals surface area (Å²) in [7, 11) is 0. The van der Waals surface area contributed by atoms with E-state index in [-0.39, 0.29) is 5.91 Å². The van der Waals surface area contributed by atoms with E-state index in [1.807, 2.05) is 17.7 Å². The Hall–Kier alpha value is -2.70. The van der Waals surface area contributed by atoms with Crippen LogP contribution < -0.4 is 10.2 Å². The van der Waals surface area contributed by atoms with E-state index in [0.717, 1.165) is 54.6 Å². The van der Waals surface area contributed by atoms with E-state index in [0.29, 0.717) is 12.8 Å². The number of nitrogens with zero attached hydrogens (tertiary/aromatic N) is 5. The average molecular weight is 437 g/mol. The van der Waals surface area contributed by atoms with E-state index in [9.17, 15) is 4.79 Å². The van der Waals surface area contributed by atoms with Gasteiger partial charge in [0.2, 0.25) is 5.91 Å². The van der Waals surface area contributed by atoms with E-state index < -0.39 is 0 Å². The van der Waals surface area contributed by atoms with Crippen molar-refractivity contribution in [3.05, 3.63) is 41.0 Å². The Morgan fingerprint density at radius 3 is 2.62 bits per heavy atom. The van der Waals surface area contributed by atoms with Crippen molar-refractivity contribution in [2.24, 2.45) is 0 Å². The van der Waals surface area contributed by atoms with Crippen molar-refractivity contribution in [3.8, 4) is 5.82 Å². The van der Waals surface area contributed by atoms with Gasteiger partial charge in [0.25, 0.3) is 0 Å². The number of amides is 1. The first kappa shape index (κ1) is 22.5. The van der Waals surface area contributed by atoms with E-state index in [1.54, 1.807) is 6.33 Å². The van der Waals surface area contributed by atoms with Crippen LogP contribution in [0.3, 0.4) is 0 Å². The molecule has 0 unspecified atom stereocenters. The minimum Gasteiger partial charge on any atom is -0.356 e. The maximum Gasteiger partial charge on any atom is 0.220 e. The summed E-state index contributed by atoms with van der Waals surface area (Å²) in [5.41, 5.74) is 4.64. The number of hydrogen-bond acceptors (Lipinski definition) is 5. The van der Waals surface area contributed by atoms with E-state index >= 15 is 0 Å². The van der Waals surface area contributed by atoms with Gasteiger partial charge in [-0.3, -0.25) is 4.79 Å². The smallest absolute Gasteiger partial charge is 0.220 e. The molecular formula is C25H36N6O. The van der Waals surface area contributed by atoms with Gasteiger partial charge in [-0.1, -0.05) is 11.6 Å². The zero-order valence-electron chi connectivity index (χ0n) is 19.6. The summed E-state index contributed by atoms with van der Waals surface area (Å²) in [6.07, 6.45) is 14.8. The third kappa shape index (κ3) is 5.56. The van der Waals surface area contributed by atoms with Crippen LogP contribution in [-0.2, 0) is 11.2 Å². The van der Waals surface area contributed by atoms with Crippen molar-refractivity contribution in [2.45, 2.75) is 78.1 Å². The lowest BCUT2D eigenvalue weighted by Gasteiger charge is -2.27. The third-order valence-electron chi connectivity index (χ3n) is 6.73. The molecule has 172 valence electrons. The van der Waals surface area contributed by atoms with Crippen molar-refractivity contribution in [2.75, 3.05) is 24.5 Å². The van der Waals surface area contributed by atoms with Gasteiger partial charge in [0, 0.05) is 37.8 Å². The molecular weight excluding hydrogens is 400 g/mol. The number of carbonyl (C=O) groups is 1. The van der Waals surface area contributed by atoms with E-state index in [2.05, 4.69) is 33.2 Å². The molecule has 1 amide bonds. The van der Waals surface area contributed by atoms with Gasteiger partial charge in [0.05, 0.1) is 5.69 Å². The van der Waals surface area contributed by atoms with Crippen LogP contribution in [0.5, 0.6) is 0 Å². The Balaban J connectivity index is 1.35. The highest BCUT2D eigenvalue weighted by Crippen LogP contribution is 2.22. The van der Waals surface area contributed by atoms with Crippen molar-refractivity contribution in [3.63, 3.8) is 0 Å². The lowest BCUT2D eigenvalue weighted by molar-refractivity contribution is -0.121. The topological polar surface area (TPSA) is 75.9 Å². The second-order valence-electron chi connectivity index (χ2n) is 9.05. The largest absolute Gasteiger partial charge is 0.356 e. The highest BCUT2D eigenvalue weighted by Gasteiger charge is 2.17. The summed E-state index contributed by atoms with van der Waals surface area (Å²) in [6.45, 7) is 6.91. The summed E-state index contributed by atoms with van der Waals surface area (Å²) in [5, 5.41) is 7.82. The summed E-state index contributed by atoms with van der Waals surface area (Å²) in [6, 6.07) is 2.03.